The normalized spacial score (nSPS) is 21.0. The number of nitrogens with zero attached hydrogens (tertiary/aromatic N) is 1. The van der Waals surface area contributed by atoms with E-state index in [0.29, 0.717) is 12.1 Å². The molecule has 1 unspecified atom stereocenters. The van der Waals surface area contributed by atoms with E-state index in [4.69, 9.17) is 4.74 Å². The summed E-state index contributed by atoms with van der Waals surface area (Å²) < 4.78 is 5.36. The monoisotopic (exact) mass is 244 g/mol. The van der Waals surface area contributed by atoms with Crippen LogP contribution in [0.2, 0.25) is 0 Å². The van der Waals surface area contributed by atoms with E-state index in [1.807, 2.05) is 0 Å². The number of hydrogen-bond donors (Lipinski definition) is 2. The van der Waals surface area contributed by atoms with Gasteiger partial charge in [-0.3, -0.25) is 0 Å². The molecule has 1 rings (SSSR count). The van der Waals surface area contributed by atoms with E-state index in [0.717, 1.165) is 38.9 Å². The maximum Gasteiger partial charge on any atom is 0.0595 e. The van der Waals surface area contributed by atoms with Crippen LogP contribution < -0.4 is 5.32 Å². The first kappa shape index (κ1) is 14.9. The minimum atomic E-state index is 0.229. The van der Waals surface area contributed by atoms with Crippen LogP contribution in [0.3, 0.4) is 0 Å². The fourth-order valence-corrected chi connectivity index (χ4v) is 2.41. The van der Waals surface area contributed by atoms with E-state index in [1.54, 1.807) is 7.11 Å². The van der Waals surface area contributed by atoms with Gasteiger partial charge in [0.05, 0.1) is 12.7 Å². The Hall–Kier alpha value is -0.160. The van der Waals surface area contributed by atoms with E-state index < -0.39 is 0 Å². The third-order valence-corrected chi connectivity index (χ3v) is 3.45. The van der Waals surface area contributed by atoms with Crippen molar-refractivity contribution in [3.8, 4) is 0 Å². The van der Waals surface area contributed by atoms with Gasteiger partial charge in [-0.15, -0.1) is 0 Å². The molecule has 1 heterocycles. The number of ether oxygens (including phenoxy) is 1. The molecule has 0 spiro atoms. The molecule has 0 aromatic heterocycles. The molecule has 0 aromatic carbocycles. The molecule has 1 aliphatic rings. The average Bonchev–Trinajstić information content (AvgIpc) is 2.34. The smallest absolute Gasteiger partial charge is 0.0595 e. The van der Waals surface area contributed by atoms with Crippen molar-refractivity contribution in [2.75, 3.05) is 33.4 Å². The molecule has 17 heavy (non-hydrogen) atoms. The molecule has 0 amide bonds. The quantitative estimate of drug-likeness (QED) is 0.697. The molecule has 4 heteroatoms. The average molecular weight is 244 g/mol. The van der Waals surface area contributed by atoms with Gasteiger partial charge >= 0.3 is 0 Å². The topological polar surface area (TPSA) is 44.7 Å². The third kappa shape index (κ3) is 5.82. The lowest BCUT2D eigenvalue weighted by Gasteiger charge is -2.32. The zero-order valence-electron chi connectivity index (χ0n) is 11.5. The molecule has 1 fully saturated rings. The number of piperidine rings is 1. The summed E-state index contributed by atoms with van der Waals surface area (Å²) in [5, 5.41) is 12.7. The van der Waals surface area contributed by atoms with E-state index >= 15 is 0 Å². The van der Waals surface area contributed by atoms with Crippen molar-refractivity contribution in [2.45, 2.75) is 51.3 Å². The van der Waals surface area contributed by atoms with Crippen molar-refractivity contribution >= 4 is 0 Å². The van der Waals surface area contributed by atoms with E-state index in [-0.39, 0.29) is 12.6 Å². The van der Waals surface area contributed by atoms with Crippen LogP contribution in [0.15, 0.2) is 0 Å². The Balaban J connectivity index is 2.17. The van der Waals surface area contributed by atoms with Gasteiger partial charge in [0.1, 0.15) is 0 Å². The predicted molar refractivity (Wildman–Crippen MR) is 70.2 cm³/mol. The number of aliphatic hydroxyl groups is 1. The largest absolute Gasteiger partial charge is 0.395 e. The fraction of sp³-hybridized carbons (Fsp3) is 1.00. The molecular weight excluding hydrogens is 216 g/mol. The first-order valence-electron chi connectivity index (χ1n) is 6.77. The summed E-state index contributed by atoms with van der Waals surface area (Å²) in [6.07, 6.45) is 3.75. The number of aliphatic hydroxyl groups excluding tert-OH is 1. The van der Waals surface area contributed by atoms with Gasteiger partial charge in [0.25, 0.3) is 0 Å². The number of methoxy groups -OCH3 is 1. The van der Waals surface area contributed by atoms with Crippen LogP contribution in [0, 0.1) is 0 Å². The van der Waals surface area contributed by atoms with Crippen LogP contribution in [0.4, 0.5) is 0 Å². The number of rotatable bonds is 7. The van der Waals surface area contributed by atoms with Crippen LogP contribution in [0.1, 0.15) is 33.1 Å². The first-order chi connectivity index (χ1) is 8.15. The van der Waals surface area contributed by atoms with Crippen molar-refractivity contribution in [2.24, 2.45) is 0 Å². The van der Waals surface area contributed by atoms with Crippen molar-refractivity contribution in [1.82, 2.24) is 10.2 Å². The summed E-state index contributed by atoms with van der Waals surface area (Å²) in [6.45, 7) is 7.78. The Labute approximate surface area is 105 Å². The minimum Gasteiger partial charge on any atom is -0.395 e. The van der Waals surface area contributed by atoms with Gasteiger partial charge in [0.2, 0.25) is 0 Å². The lowest BCUT2D eigenvalue weighted by molar-refractivity contribution is 0.0393. The van der Waals surface area contributed by atoms with Crippen molar-refractivity contribution < 1.29 is 9.84 Å². The molecule has 0 saturated carbocycles. The predicted octanol–water partition coefficient (Wildman–Crippen LogP) is 0.846. The number of likely N-dealkylation sites (tertiary alicyclic amines) is 1. The second-order valence-electron chi connectivity index (χ2n) is 5.27. The molecule has 102 valence electrons. The van der Waals surface area contributed by atoms with Crippen LogP contribution in [0.5, 0.6) is 0 Å². The number of hydrogen-bond acceptors (Lipinski definition) is 4. The van der Waals surface area contributed by atoms with Gasteiger partial charge in [0, 0.05) is 32.3 Å². The van der Waals surface area contributed by atoms with Crippen LogP contribution in [-0.2, 0) is 4.74 Å². The fourth-order valence-electron chi connectivity index (χ4n) is 2.41. The van der Waals surface area contributed by atoms with Gasteiger partial charge in [-0.25, -0.2) is 0 Å². The first-order valence-corrected chi connectivity index (χ1v) is 6.77. The highest BCUT2D eigenvalue weighted by Gasteiger charge is 2.19. The SMILES string of the molecule is COC1CCN(CCC(CO)NC(C)C)CC1. The lowest BCUT2D eigenvalue weighted by atomic mass is 10.1. The molecule has 1 saturated heterocycles. The molecule has 0 aromatic rings. The highest BCUT2D eigenvalue weighted by molar-refractivity contribution is 4.75. The van der Waals surface area contributed by atoms with Crippen molar-refractivity contribution in [3.63, 3.8) is 0 Å². The van der Waals surface area contributed by atoms with Crippen LogP contribution in [-0.4, -0.2) is 61.5 Å². The Morgan fingerprint density at radius 2 is 2.00 bits per heavy atom. The van der Waals surface area contributed by atoms with Crippen LogP contribution in [0.25, 0.3) is 0 Å². The second kappa shape index (κ2) is 8.03. The maximum atomic E-state index is 9.28. The maximum absolute atomic E-state index is 9.28. The van der Waals surface area contributed by atoms with Gasteiger partial charge in [0.15, 0.2) is 0 Å². The Morgan fingerprint density at radius 1 is 1.35 bits per heavy atom. The highest BCUT2D eigenvalue weighted by atomic mass is 16.5. The zero-order chi connectivity index (χ0) is 12.7. The molecule has 4 nitrogen and oxygen atoms in total. The lowest BCUT2D eigenvalue weighted by Crippen LogP contribution is -2.42. The van der Waals surface area contributed by atoms with E-state index in [2.05, 4.69) is 24.1 Å². The molecule has 1 aliphatic heterocycles. The second-order valence-corrected chi connectivity index (χ2v) is 5.27. The Kier molecular flexibility index (Phi) is 7.04. The minimum absolute atomic E-state index is 0.229. The molecule has 1 atom stereocenters. The molecule has 2 N–H and O–H groups in total. The van der Waals surface area contributed by atoms with Crippen LogP contribution >= 0.6 is 0 Å². The van der Waals surface area contributed by atoms with E-state index in [1.165, 1.54) is 0 Å². The summed E-state index contributed by atoms with van der Waals surface area (Å²) in [7, 11) is 1.80. The standard InChI is InChI=1S/C13H28N2O2/c1-11(2)14-12(10-16)4-7-15-8-5-13(17-3)6-9-15/h11-14,16H,4-10H2,1-3H3. The highest BCUT2D eigenvalue weighted by Crippen LogP contribution is 2.13. The van der Waals surface area contributed by atoms with Gasteiger partial charge in [-0.05, 0) is 25.8 Å². The summed E-state index contributed by atoms with van der Waals surface area (Å²) >= 11 is 0. The summed E-state index contributed by atoms with van der Waals surface area (Å²) in [5.41, 5.74) is 0. The molecule has 0 bridgehead atoms. The molecular formula is C13H28N2O2. The summed E-state index contributed by atoms with van der Waals surface area (Å²) in [6, 6.07) is 0.668. The zero-order valence-corrected chi connectivity index (χ0v) is 11.5. The van der Waals surface area contributed by atoms with E-state index in [9.17, 15) is 5.11 Å². The summed E-state index contributed by atoms with van der Waals surface area (Å²) in [5.74, 6) is 0. The molecule has 0 aliphatic carbocycles. The van der Waals surface area contributed by atoms with Gasteiger partial charge < -0.3 is 20.1 Å². The van der Waals surface area contributed by atoms with Gasteiger partial charge in [-0.2, -0.15) is 0 Å². The van der Waals surface area contributed by atoms with Crippen molar-refractivity contribution in [1.29, 1.82) is 0 Å². The van der Waals surface area contributed by atoms with Crippen molar-refractivity contribution in [3.05, 3.63) is 0 Å². The summed E-state index contributed by atoms with van der Waals surface area (Å²) in [4.78, 5) is 2.47. The third-order valence-electron chi connectivity index (χ3n) is 3.45. The Bertz CT molecular complexity index is 192. The molecule has 0 radical (unpaired) electrons. The Morgan fingerprint density at radius 3 is 2.47 bits per heavy atom. The van der Waals surface area contributed by atoms with Gasteiger partial charge in [-0.1, -0.05) is 13.8 Å². The number of nitrogens with one attached hydrogen (secondary N) is 1.